The van der Waals surface area contributed by atoms with Crippen LogP contribution in [0.2, 0.25) is 0 Å². The molecular weight excluding hydrogens is 232 g/mol. The summed E-state index contributed by atoms with van der Waals surface area (Å²) in [5.41, 5.74) is 1.59. The van der Waals surface area contributed by atoms with Crippen molar-refractivity contribution in [3.8, 4) is 22.6 Å². The first-order valence-corrected chi connectivity index (χ1v) is 5.35. The fourth-order valence-corrected chi connectivity index (χ4v) is 1.66. The summed E-state index contributed by atoms with van der Waals surface area (Å²) in [6.45, 7) is 0. The van der Waals surface area contributed by atoms with Crippen molar-refractivity contribution in [2.45, 2.75) is 0 Å². The van der Waals surface area contributed by atoms with Crippen LogP contribution in [-0.2, 0) is 0 Å². The van der Waals surface area contributed by atoms with Crippen molar-refractivity contribution >= 4 is 6.16 Å². The third-order valence-corrected chi connectivity index (χ3v) is 2.49. The number of hydrogen-bond donors (Lipinski definition) is 1. The highest BCUT2D eigenvalue weighted by Crippen LogP contribution is 2.30. The van der Waals surface area contributed by atoms with Crippen LogP contribution < -0.4 is 9.47 Å². The summed E-state index contributed by atoms with van der Waals surface area (Å²) in [5, 5.41) is 8.68. The summed E-state index contributed by atoms with van der Waals surface area (Å²) in [6.07, 6.45) is -1.32. The number of para-hydroxylation sites is 1. The Labute approximate surface area is 104 Å². The average molecular weight is 244 g/mol. The van der Waals surface area contributed by atoms with Crippen molar-refractivity contribution in [2.24, 2.45) is 0 Å². The zero-order chi connectivity index (χ0) is 13.0. The van der Waals surface area contributed by atoms with Gasteiger partial charge in [-0.1, -0.05) is 30.3 Å². The lowest BCUT2D eigenvalue weighted by Gasteiger charge is -2.08. The third kappa shape index (κ3) is 2.60. The van der Waals surface area contributed by atoms with Crippen LogP contribution in [0.1, 0.15) is 0 Å². The van der Waals surface area contributed by atoms with Gasteiger partial charge in [0.1, 0.15) is 11.5 Å². The predicted octanol–water partition coefficient (Wildman–Crippen LogP) is 3.42. The van der Waals surface area contributed by atoms with Gasteiger partial charge in [0.15, 0.2) is 0 Å². The molecule has 1 N–H and O–H groups in total. The third-order valence-electron chi connectivity index (χ3n) is 2.49. The molecule has 2 rings (SSSR count). The molecule has 0 fully saturated rings. The van der Waals surface area contributed by atoms with Crippen LogP contribution in [0.25, 0.3) is 11.1 Å². The summed E-state index contributed by atoms with van der Waals surface area (Å²) in [6, 6.07) is 14.3. The van der Waals surface area contributed by atoms with Crippen molar-refractivity contribution in [2.75, 3.05) is 7.11 Å². The molecule has 92 valence electrons. The first-order valence-electron chi connectivity index (χ1n) is 5.35. The molecule has 0 radical (unpaired) electrons. The molecule has 0 spiro atoms. The minimum Gasteiger partial charge on any atom is -0.497 e. The lowest BCUT2D eigenvalue weighted by molar-refractivity contribution is 0.144. The molecule has 0 heterocycles. The van der Waals surface area contributed by atoms with Crippen LogP contribution >= 0.6 is 0 Å². The maximum Gasteiger partial charge on any atom is 0.511 e. The van der Waals surface area contributed by atoms with Crippen LogP contribution in [0.3, 0.4) is 0 Å². The Morgan fingerprint density at radius 1 is 1.06 bits per heavy atom. The number of methoxy groups -OCH3 is 1. The van der Waals surface area contributed by atoms with Crippen molar-refractivity contribution < 1.29 is 19.4 Å². The summed E-state index contributed by atoms with van der Waals surface area (Å²) >= 11 is 0. The van der Waals surface area contributed by atoms with E-state index in [4.69, 9.17) is 14.6 Å². The monoisotopic (exact) mass is 244 g/mol. The Hall–Kier alpha value is -2.49. The van der Waals surface area contributed by atoms with E-state index in [1.54, 1.807) is 25.3 Å². The Bertz CT molecular complexity index is 546. The van der Waals surface area contributed by atoms with Crippen LogP contribution in [-0.4, -0.2) is 18.4 Å². The number of rotatable bonds is 3. The largest absolute Gasteiger partial charge is 0.511 e. The average Bonchev–Trinajstić information content (AvgIpc) is 2.39. The Balaban J connectivity index is 2.39. The molecule has 0 saturated heterocycles. The molecule has 0 saturated carbocycles. The van der Waals surface area contributed by atoms with Crippen molar-refractivity contribution in [3.63, 3.8) is 0 Å². The fourth-order valence-electron chi connectivity index (χ4n) is 1.66. The van der Waals surface area contributed by atoms with E-state index < -0.39 is 6.16 Å². The smallest absolute Gasteiger partial charge is 0.497 e. The minimum absolute atomic E-state index is 0.315. The van der Waals surface area contributed by atoms with Gasteiger partial charge >= 0.3 is 6.16 Å². The van der Waals surface area contributed by atoms with Crippen LogP contribution in [0, 0.1) is 0 Å². The maximum atomic E-state index is 10.6. The van der Waals surface area contributed by atoms with Gasteiger partial charge in [-0.3, -0.25) is 0 Å². The van der Waals surface area contributed by atoms with Gasteiger partial charge in [-0.05, 0) is 23.8 Å². The van der Waals surface area contributed by atoms with E-state index in [-0.39, 0.29) is 0 Å². The van der Waals surface area contributed by atoms with Gasteiger partial charge in [0.2, 0.25) is 0 Å². The van der Waals surface area contributed by atoms with Gasteiger partial charge in [-0.25, -0.2) is 4.79 Å². The first-order chi connectivity index (χ1) is 8.70. The van der Waals surface area contributed by atoms with Gasteiger partial charge in [0.05, 0.1) is 7.11 Å². The standard InChI is InChI=1S/C14H12O4/c1-17-11-8-6-10(7-9-11)12-4-2-3-5-13(12)18-14(15)16/h2-9H,1H3,(H,15,16). The second-order valence-electron chi connectivity index (χ2n) is 3.59. The van der Waals surface area contributed by atoms with E-state index in [1.807, 2.05) is 30.3 Å². The van der Waals surface area contributed by atoms with E-state index in [2.05, 4.69) is 0 Å². The molecule has 4 nitrogen and oxygen atoms in total. The molecule has 0 aliphatic heterocycles. The molecule has 0 atom stereocenters. The predicted molar refractivity (Wildman–Crippen MR) is 67.1 cm³/mol. The molecule has 2 aromatic rings. The second kappa shape index (κ2) is 5.23. The van der Waals surface area contributed by atoms with Gasteiger partial charge in [0, 0.05) is 5.56 Å². The number of ether oxygens (including phenoxy) is 2. The summed E-state index contributed by atoms with van der Waals surface area (Å²) in [5.74, 6) is 1.06. The molecule has 0 bridgehead atoms. The summed E-state index contributed by atoms with van der Waals surface area (Å²) in [7, 11) is 1.59. The van der Waals surface area contributed by atoms with Crippen molar-refractivity contribution in [1.29, 1.82) is 0 Å². The Morgan fingerprint density at radius 3 is 2.33 bits per heavy atom. The highest BCUT2D eigenvalue weighted by Gasteiger charge is 2.08. The molecule has 18 heavy (non-hydrogen) atoms. The highest BCUT2D eigenvalue weighted by atomic mass is 16.7. The first kappa shape index (κ1) is 12.0. The zero-order valence-corrected chi connectivity index (χ0v) is 9.79. The minimum atomic E-state index is -1.32. The molecule has 0 amide bonds. The Kier molecular flexibility index (Phi) is 3.48. The van der Waals surface area contributed by atoms with Gasteiger partial charge in [-0.15, -0.1) is 0 Å². The summed E-state index contributed by atoms with van der Waals surface area (Å²) in [4.78, 5) is 10.6. The lowest BCUT2D eigenvalue weighted by atomic mass is 10.0. The zero-order valence-electron chi connectivity index (χ0n) is 9.79. The lowest BCUT2D eigenvalue weighted by Crippen LogP contribution is -2.03. The van der Waals surface area contributed by atoms with Crippen LogP contribution in [0.5, 0.6) is 11.5 Å². The van der Waals surface area contributed by atoms with Crippen molar-refractivity contribution in [3.05, 3.63) is 48.5 Å². The number of carboxylic acid groups (broad SMARTS) is 1. The van der Waals surface area contributed by atoms with E-state index >= 15 is 0 Å². The quantitative estimate of drug-likeness (QED) is 0.664. The fraction of sp³-hybridized carbons (Fsp3) is 0.0714. The number of carbonyl (C=O) groups is 1. The molecule has 0 unspecified atom stereocenters. The van der Waals surface area contributed by atoms with E-state index in [0.29, 0.717) is 5.75 Å². The SMILES string of the molecule is COc1ccc(-c2ccccc2OC(=O)O)cc1. The van der Waals surface area contributed by atoms with E-state index in [0.717, 1.165) is 16.9 Å². The number of hydrogen-bond acceptors (Lipinski definition) is 3. The van der Waals surface area contributed by atoms with Crippen LogP contribution in [0.15, 0.2) is 48.5 Å². The molecule has 0 aliphatic carbocycles. The van der Waals surface area contributed by atoms with E-state index in [1.165, 1.54) is 0 Å². The van der Waals surface area contributed by atoms with E-state index in [9.17, 15) is 4.79 Å². The van der Waals surface area contributed by atoms with Gasteiger partial charge < -0.3 is 14.6 Å². The Morgan fingerprint density at radius 2 is 1.72 bits per heavy atom. The van der Waals surface area contributed by atoms with Crippen LogP contribution in [0.4, 0.5) is 4.79 Å². The van der Waals surface area contributed by atoms with Gasteiger partial charge in [-0.2, -0.15) is 0 Å². The maximum absolute atomic E-state index is 10.6. The molecular formula is C14H12O4. The van der Waals surface area contributed by atoms with Crippen molar-refractivity contribution in [1.82, 2.24) is 0 Å². The molecule has 0 aromatic heterocycles. The highest BCUT2D eigenvalue weighted by molar-refractivity contribution is 5.74. The summed E-state index contributed by atoms with van der Waals surface area (Å²) < 4.78 is 9.82. The second-order valence-corrected chi connectivity index (χ2v) is 3.59. The van der Waals surface area contributed by atoms with Gasteiger partial charge in [0.25, 0.3) is 0 Å². The topological polar surface area (TPSA) is 55.8 Å². The number of benzene rings is 2. The molecule has 2 aromatic carbocycles. The molecule has 0 aliphatic rings. The normalized spacial score (nSPS) is 9.83. The molecule has 4 heteroatoms.